The zero-order valence-corrected chi connectivity index (χ0v) is 16.1. The van der Waals surface area contributed by atoms with Crippen LogP contribution in [-0.4, -0.2) is 36.4 Å². The van der Waals surface area contributed by atoms with Gasteiger partial charge in [0.05, 0.1) is 6.61 Å². The Morgan fingerprint density at radius 3 is 2.26 bits per heavy atom. The molecule has 0 saturated heterocycles. The number of hydrogen-bond donors (Lipinski definition) is 1. The summed E-state index contributed by atoms with van der Waals surface area (Å²) in [7, 11) is 1.60. The standard InChI is InChI=1S/C22H28N2O3/c1-3-20(22(26)23-2)24(17-18-11-6-4-7-12-18)21(25)15-10-16-27-19-13-8-5-9-14-19/h4-9,11-14,20H,3,10,15-17H2,1-2H3,(H,23,26)/t20-/m0/s1. The molecule has 0 bridgehead atoms. The van der Waals surface area contributed by atoms with Crippen LogP contribution in [0.15, 0.2) is 60.7 Å². The molecule has 0 aliphatic heterocycles. The maximum Gasteiger partial charge on any atom is 0.242 e. The van der Waals surface area contributed by atoms with Crippen LogP contribution in [0.1, 0.15) is 31.7 Å². The maximum absolute atomic E-state index is 12.9. The van der Waals surface area contributed by atoms with Crippen molar-refractivity contribution in [2.75, 3.05) is 13.7 Å². The highest BCUT2D eigenvalue weighted by molar-refractivity contribution is 5.87. The van der Waals surface area contributed by atoms with E-state index < -0.39 is 6.04 Å². The molecule has 0 heterocycles. The van der Waals surface area contributed by atoms with Gasteiger partial charge in [0.2, 0.25) is 11.8 Å². The lowest BCUT2D eigenvalue weighted by atomic mass is 10.1. The van der Waals surface area contributed by atoms with Crippen molar-refractivity contribution in [3.05, 3.63) is 66.2 Å². The molecule has 0 aromatic heterocycles. The Kier molecular flexibility index (Phi) is 8.36. The molecule has 5 heteroatoms. The molecule has 0 spiro atoms. The summed E-state index contributed by atoms with van der Waals surface area (Å²) >= 11 is 0. The largest absolute Gasteiger partial charge is 0.494 e. The maximum atomic E-state index is 12.9. The number of rotatable bonds is 10. The second kappa shape index (κ2) is 11.0. The SMILES string of the molecule is CC[C@@H](C(=O)NC)N(Cc1ccccc1)C(=O)CCCOc1ccccc1. The molecule has 2 aromatic rings. The predicted molar refractivity (Wildman–Crippen MR) is 106 cm³/mol. The zero-order valence-electron chi connectivity index (χ0n) is 16.1. The molecule has 0 aliphatic carbocycles. The number of benzene rings is 2. The molecule has 0 saturated carbocycles. The third-order valence-corrected chi connectivity index (χ3v) is 4.37. The van der Waals surface area contributed by atoms with E-state index >= 15 is 0 Å². The normalized spacial score (nSPS) is 11.5. The molecule has 144 valence electrons. The summed E-state index contributed by atoms with van der Waals surface area (Å²) in [5.41, 5.74) is 1.01. The summed E-state index contributed by atoms with van der Waals surface area (Å²) in [6.45, 7) is 2.81. The van der Waals surface area contributed by atoms with Crippen molar-refractivity contribution >= 4 is 11.8 Å². The monoisotopic (exact) mass is 368 g/mol. The van der Waals surface area contributed by atoms with Gasteiger partial charge in [-0.25, -0.2) is 0 Å². The van der Waals surface area contributed by atoms with Gasteiger partial charge in [-0.2, -0.15) is 0 Å². The Balaban J connectivity index is 1.98. The van der Waals surface area contributed by atoms with Crippen molar-refractivity contribution < 1.29 is 14.3 Å². The van der Waals surface area contributed by atoms with Crippen molar-refractivity contribution in [1.82, 2.24) is 10.2 Å². The summed E-state index contributed by atoms with van der Waals surface area (Å²) in [6.07, 6.45) is 1.51. The van der Waals surface area contributed by atoms with E-state index in [2.05, 4.69) is 5.32 Å². The number of likely N-dealkylation sites (N-methyl/N-ethyl adjacent to an activating group) is 1. The van der Waals surface area contributed by atoms with Crippen molar-refractivity contribution in [3.63, 3.8) is 0 Å². The molecule has 0 unspecified atom stereocenters. The van der Waals surface area contributed by atoms with Gasteiger partial charge in [-0.3, -0.25) is 9.59 Å². The first-order chi connectivity index (χ1) is 13.2. The molecule has 2 amide bonds. The molecule has 5 nitrogen and oxygen atoms in total. The first-order valence-corrected chi connectivity index (χ1v) is 9.38. The summed E-state index contributed by atoms with van der Waals surface area (Å²) in [6, 6.07) is 18.8. The molecule has 1 atom stereocenters. The molecular formula is C22H28N2O3. The van der Waals surface area contributed by atoms with E-state index in [0.29, 0.717) is 32.4 Å². The minimum atomic E-state index is -0.474. The van der Waals surface area contributed by atoms with Crippen LogP contribution < -0.4 is 10.1 Å². The molecule has 27 heavy (non-hydrogen) atoms. The Morgan fingerprint density at radius 2 is 1.67 bits per heavy atom. The molecular weight excluding hydrogens is 340 g/mol. The minimum absolute atomic E-state index is 0.0361. The third-order valence-electron chi connectivity index (χ3n) is 4.37. The van der Waals surface area contributed by atoms with Gasteiger partial charge in [0.25, 0.3) is 0 Å². The second-order valence-corrected chi connectivity index (χ2v) is 6.31. The van der Waals surface area contributed by atoms with E-state index in [-0.39, 0.29) is 11.8 Å². The van der Waals surface area contributed by atoms with Crippen molar-refractivity contribution in [2.45, 2.75) is 38.8 Å². The molecule has 2 aromatic carbocycles. The fraction of sp³-hybridized carbons (Fsp3) is 0.364. The number of carbonyl (C=O) groups excluding carboxylic acids is 2. The van der Waals surface area contributed by atoms with Crippen LogP contribution >= 0.6 is 0 Å². The number of para-hydroxylation sites is 1. The van der Waals surface area contributed by atoms with Crippen LogP contribution in [0.3, 0.4) is 0 Å². The Bertz CT molecular complexity index is 704. The van der Waals surface area contributed by atoms with Gasteiger partial charge in [-0.15, -0.1) is 0 Å². The molecule has 0 radical (unpaired) electrons. The van der Waals surface area contributed by atoms with Crippen LogP contribution in [0.5, 0.6) is 5.75 Å². The van der Waals surface area contributed by atoms with Gasteiger partial charge < -0.3 is 15.0 Å². The van der Waals surface area contributed by atoms with E-state index in [1.54, 1.807) is 11.9 Å². The van der Waals surface area contributed by atoms with Crippen LogP contribution in [-0.2, 0) is 16.1 Å². The van der Waals surface area contributed by atoms with Gasteiger partial charge in [-0.1, -0.05) is 55.5 Å². The lowest BCUT2D eigenvalue weighted by Gasteiger charge is -2.30. The number of ether oxygens (including phenoxy) is 1. The summed E-state index contributed by atoms with van der Waals surface area (Å²) in [5.74, 6) is 0.621. The topological polar surface area (TPSA) is 58.6 Å². The number of nitrogens with zero attached hydrogens (tertiary/aromatic N) is 1. The Morgan fingerprint density at radius 1 is 1.04 bits per heavy atom. The molecule has 0 aliphatic rings. The first-order valence-electron chi connectivity index (χ1n) is 9.38. The van der Waals surface area contributed by atoms with Crippen LogP contribution in [0, 0.1) is 0 Å². The van der Waals surface area contributed by atoms with E-state index in [4.69, 9.17) is 4.74 Å². The number of nitrogens with one attached hydrogen (secondary N) is 1. The highest BCUT2D eigenvalue weighted by atomic mass is 16.5. The van der Waals surface area contributed by atoms with Crippen molar-refractivity contribution in [2.24, 2.45) is 0 Å². The second-order valence-electron chi connectivity index (χ2n) is 6.31. The predicted octanol–water partition coefficient (Wildman–Crippen LogP) is 3.40. The molecule has 0 fully saturated rings. The van der Waals surface area contributed by atoms with E-state index in [1.165, 1.54) is 0 Å². The highest BCUT2D eigenvalue weighted by Crippen LogP contribution is 2.15. The Labute approximate surface area is 161 Å². The first kappa shape index (κ1) is 20.5. The lowest BCUT2D eigenvalue weighted by molar-refractivity contribution is -0.141. The van der Waals surface area contributed by atoms with Crippen LogP contribution in [0.2, 0.25) is 0 Å². The summed E-state index contributed by atoms with van der Waals surface area (Å²) < 4.78 is 5.66. The Hall–Kier alpha value is -2.82. The van der Waals surface area contributed by atoms with Crippen LogP contribution in [0.4, 0.5) is 0 Å². The molecule has 1 N–H and O–H groups in total. The summed E-state index contributed by atoms with van der Waals surface area (Å²) in [5, 5.41) is 2.67. The number of carbonyl (C=O) groups is 2. The average Bonchev–Trinajstić information content (AvgIpc) is 2.72. The van der Waals surface area contributed by atoms with Gasteiger partial charge in [0.15, 0.2) is 0 Å². The third kappa shape index (κ3) is 6.44. The van der Waals surface area contributed by atoms with Gasteiger partial charge >= 0.3 is 0 Å². The van der Waals surface area contributed by atoms with E-state index in [9.17, 15) is 9.59 Å². The summed E-state index contributed by atoms with van der Waals surface area (Å²) in [4.78, 5) is 26.8. The van der Waals surface area contributed by atoms with Crippen molar-refractivity contribution in [1.29, 1.82) is 0 Å². The highest BCUT2D eigenvalue weighted by Gasteiger charge is 2.27. The van der Waals surface area contributed by atoms with E-state index in [0.717, 1.165) is 11.3 Å². The van der Waals surface area contributed by atoms with Crippen molar-refractivity contribution in [3.8, 4) is 5.75 Å². The zero-order chi connectivity index (χ0) is 19.5. The van der Waals surface area contributed by atoms with E-state index in [1.807, 2.05) is 67.6 Å². The quantitative estimate of drug-likeness (QED) is 0.654. The lowest BCUT2D eigenvalue weighted by Crippen LogP contribution is -2.48. The fourth-order valence-electron chi connectivity index (χ4n) is 2.94. The van der Waals surface area contributed by atoms with Gasteiger partial charge in [0.1, 0.15) is 11.8 Å². The van der Waals surface area contributed by atoms with Gasteiger partial charge in [0, 0.05) is 20.0 Å². The average molecular weight is 368 g/mol. The number of hydrogen-bond acceptors (Lipinski definition) is 3. The molecule has 2 rings (SSSR count). The van der Waals surface area contributed by atoms with Gasteiger partial charge in [-0.05, 0) is 30.5 Å². The number of amides is 2. The van der Waals surface area contributed by atoms with Crippen LogP contribution in [0.25, 0.3) is 0 Å². The fourth-order valence-corrected chi connectivity index (χ4v) is 2.94. The minimum Gasteiger partial charge on any atom is -0.494 e. The smallest absolute Gasteiger partial charge is 0.242 e.